The van der Waals surface area contributed by atoms with Crippen molar-refractivity contribution in [1.82, 2.24) is 4.72 Å². The molecule has 76 valence electrons. The minimum absolute atomic E-state index is 0.150. The maximum absolute atomic E-state index is 11.5. The summed E-state index contributed by atoms with van der Waals surface area (Å²) >= 11 is 1.16. The van der Waals surface area contributed by atoms with E-state index < -0.39 is 10.0 Å². The lowest BCUT2D eigenvalue weighted by molar-refractivity contribution is 0.575. The summed E-state index contributed by atoms with van der Waals surface area (Å²) in [5.41, 5.74) is 0. The van der Waals surface area contributed by atoms with Crippen molar-refractivity contribution in [1.29, 1.82) is 5.26 Å². The van der Waals surface area contributed by atoms with Gasteiger partial charge in [-0.2, -0.15) is 5.26 Å². The van der Waals surface area contributed by atoms with Crippen LogP contribution in [0, 0.1) is 17.2 Å². The Balaban J connectivity index is 2.66. The highest BCUT2D eigenvalue weighted by molar-refractivity contribution is 7.91. The van der Waals surface area contributed by atoms with Crippen LogP contribution < -0.4 is 4.72 Å². The fourth-order valence-corrected chi connectivity index (χ4v) is 2.94. The largest absolute Gasteiger partial charge is 0.250 e. The molecule has 0 aromatic carbocycles. The van der Waals surface area contributed by atoms with Crippen molar-refractivity contribution in [3.8, 4) is 6.07 Å². The molecule has 1 unspecified atom stereocenters. The average molecular weight is 230 g/mol. The molecule has 0 bridgehead atoms. The van der Waals surface area contributed by atoms with E-state index >= 15 is 0 Å². The standard InChI is InChI=1S/C8H10N2O2S2/c1-7(5-9)6-10-14(11,12)8-3-2-4-13-8/h2-4,7,10H,6H2,1H3. The molecule has 0 spiro atoms. The highest BCUT2D eigenvalue weighted by Crippen LogP contribution is 2.15. The molecule has 0 saturated carbocycles. The van der Waals surface area contributed by atoms with Crippen molar-refractivity contribution < 1.29 is 8.42 Å². The van der Waals surface area contributed by atoms with Gasteiger partial charge in [0.15, 0.2) is 0 Å². The summed E-state index contributed by atoms with van der Waals surface area (Å²) in [5.74, 6) is -0.315. The predicted molar refractivity (Wildman–Crippen MR) is 54.3 cm³/mol. The van der Waals surface area contributed by atoms with Crippen molar-refractivity contribution in [2.75, 3.05) is 6.54 Å². The molecule has 0 radical (unpaired) electrons. The van der Waals surface area contributed by atoms with Crippen molar-refractivity contribution in [2.24, 2.45) is 5.92 Å². The Morgan fingerprint density at radius 2 is 2.43 bits per heavy atom. The molecule has 0 aliphatic heterocycles. The normalized spacial score (nSPS) is 13.4. The predicted octanol–water partition coefficient (Wildman–Crippen LogP) is 1.19. The SMILES string of the molecule is CC(C#N)CNS(=O)(=O)c1cccs1. The molecule has 0 amide bonds. The van der Waals surface area contributed by atoms with Gasteiger partial charge in [-0.05, 0) is 18.4 Å². The Labute approximate surface area is 87.2 Å². The molecule has 1 aromatic rings. The zero-order valence-corrected chi connectivity index (χ0v) is 9.23. The van der Waals surface area contributed by atoms with E-state index in [2.05, 4.69) is 4.72 Å². The van der Waals surface area contributed by atoms with Crippen LogP contribution in [0.15, 0.2) is 21.7 Å². The first kappa shape index (κ1) is 11.2. The summed E-state index contributed by atoms with van der Waals surface area (Å²) in [7, 11) is -3.40. The van der Waals surface area contributed by atoms with Crippen LogP contribution in [-0.2, 0) is 10.0 Å². The molecule has 1 heterocycles. The number of thiophene rings is 1. The second kappa shape index (κ2) is 4.55. The highest BCUT2D eigenvalue weighted by Gasteiger charge is 2.15. The van der Waals surface area contributed by atoms with Gasteiger partial charge in [-0.1, -0.05) is 6.07 Å². The van der Waals surface area contributed by atoms with Crippen LogP contribution in [0.3, 0.4) is 0 Å². The van der Waals surface area contributed by atoms with E-state index in [1.807, 2.05) is 6.07 Å². The van der Waals surface area contributed by atoms with Gasteiger partial charge in [0.1, 0.15) is 4.21 Å². The van der Waals surface area contributed by atoms with Gasteiger partial charge in [-0.15, -0.1) is 11.3 Å². The van der Waals surface area contributed by atoms with Crippen LogP contribution in [0.1, 0.15) is 6.92 Å². The van der Waals surface area contributed by atoms with E-state index in [1.54, 1.807) is 18.4 Å². The third kappa shape index (κ3) is 2.80. The van der Waals surface area contributed by atoms with Crippen LogP contribution in [-0.4, -0.2) is 15.0 Å². The van der Waals surface area contributed by atoms with Gasteiger partial charge >= 0.3 is 0 Å². The number of nitriles is 1. The summed E-state index contributed by atoms with van der Waals surface area (Å²) in [6.45, 7) is 1.81. The van der Waals surface area contributed by atoms with Crippen LogP contribution in [0.25, 0.3) is 0 Å². The number of nitrogens with zero attached hydrogens (tertiary/aromatic N) is 1. The first-order chi connectivity index (χ1) is 6.56. The lowest BCUT2D eigenvalue weighted by atomic mass is 10.2. The van der Waals surface area contributed by atoms with Gasteiger partial charge < -0.3 is 0 Å². The third-order valence-electron chi connectivity index (χ3n) is 1.56. The van der Waals surface area contributed by atoms with Crippen LogP contribution >= 0.6 is 11.3 Å². The van der Waals surface area contributed by atoms with Gasteiger partial charge in [0, 0.05) is 6.54 Å². The Morgan fingerprint density at radius 3 is 2.93 bits per heavy atom. The summed E-state index contributed by atoms with van der Waals surface area (Å²) in [6.07, 6.45) is 0. The molecule has 6 heteroatoms. The fourth-order valence-electron chi connectivity index (χ4n) is 0.768. The first-order valence-electron chi connectivity index (χ1n) is 3.99. The molecule has 0 fully saturated rings. The summed E-state index contributed by atoms with van der Waals surface area (Å²) in [4.78, 5) is 0. The van der Waals surface area contributed by atoms with E-state index in [0.717, 1.165) is 11.3 Å². The molecule has 4 nitrogen and oxygen atoms in total. The van der Waals surface area contributed by atoms with Gasteiger partial charge in [-0.25, -0.2) is 13.1 Å². The third-order valence-corrected chi connectivity index (χ3v) is 4.38. The van der Waals surface area contributed by atoms with Gasteiger partial charge in [0.25, 0.3) is 0 Å². The van der Waals surface area contributed by atoms with Gasteiger partial charge in [0.05, 0.1) is 12.0 Å². The number of rotatable bonds is 4. The highest BCUT2D eigenvalue weighted by atomic mass is 32.2. The minimum atomic E-state index is -3.40. The van der Waals surface area contributed by atoms with E-state index in [-0.39, 0.29) is 16.7 Å². The summed E-state index contributed by atoms with van der Waals surface area (Å²) in [5, 5.41) is 10.2. The lowest BCUT2D eigenvalue weighted by Gasteiger charge is -2.04. The molecular formula is C8H10N2O2S2. The van der Waals surface area contributed by atoms with Crippen LogP contribution in [0.5, 0.6) is 0 Å². The lowest BCUT2D eigenvalue weighted by Crippen LogP contribution is -2.27. The maximum atomic E-state index is 11.5. The van der Waals surface area contributed by atoms with E-state index in [9.17, 15) is 8.42 Å². The molecule has 0 saturated heterocycles. The fraction of sp³-hybridized carbons (Fsp3) is 0.375. The molecule has 14 heavy (non-hydrogen) atoms. The van der Waals surface area contributed by atoms with Gasteiger partial charge in [-0.3, -0.25) is 0 Å². The maximum Gasteiger partial charge on any atom is 0.250 e. The molecule has 1 rings (SSSR count). The zero-order chi connectivity index (χ0) is 10.6. The number of hydrogen-bond acceptors (Lipinski definition) is 4. The Morgan fingerprint density at radius 1 is 1.71 bits per heavy atom. The number of sulfonamides is 1. The van der Waals surface area contributed by atoms with Crippen molar-refractivity contribution in [2.45, 2.75) is 11.1 Å². The Hall–Kier alpha value is -0.900. The number of nitrogens with one attached hydrogen (secondary N) is 1. The second-order valence-corrected chi connectivity index (χ2v) is 5.76. The van der Waals surface area contributed by atoms with E-state index in [0.29, 0.717) is 0 Å². The smallest absolute Gasteiger partial charge is 0.209 e. The van der Waals surface area contributed by atoms with Crippen LogP contribution in [0.4, 0.5) is 0 Å². The van der Waals surface area contributed by atoms with Crippen molar-refractivity contribution in [3.63, 3.8) is 0 Å². The van der Waals surface area contributed by atoms with E-state index in [1.165, 1.54) is 6.07 Å². The average Bonchev–Trinajstić information content (AvgIpc) is 2.67. The van der Waals surface area contributed by atoms with Crippen molar-refractivity contribution in [3.05, 3.63) is 17.5 Å². The zero-order valence-electron chi connectivity index (χ0n) is 7.60. The monoisotopic (exact) mass is 230 g/mol. The van der Waals surface area contributed by atoms with Crippen LogP contribution in [0.2, 0.25) is 0 Å². The van der Waals surface area contributed by atoms with E-state index in [4.69, 9.17) is 5.26 Å². The summed E-state index contributed by atoms with van der Waals surface area (Å²) in [6, 6.07) is 5.16. The summed E-state index contributed by atoms with van der Waals surface area (Å²) < 4.78 is 25.7. The second-order valence-electron chi connectivity index (χ2n) is 2.81. The minimum Gasteiger partial charge on any atom is -0.209 e. The molecular weight excluding hydrogens is 220 g/mol. The molecule has 1 atom stereocenters. The molecule has 1 N–H and O–H groups in total. The van der Waals surface area contributed by atoms with Crippen molar-refractivity contribution >= 4 is 21.4 Å². The Kier molecular flexibility index (Phi) is 3.63. The topological polar surface area (TPSA) is 70.0 Å². The molecule has 0 aliphatic carbocycles. The Bertz CT molecular complexity index is 417. The number of hydrogen-bond donors (Lipinski definition) is 1. The van der Waals surface area contributed by atoms with Gasteiger partial charge in [0.2, 0.25) is 10.0 Å². The molecule has 0 aliphatic rings. The molecule has 1 aromatic heterocycles. The first-order valence-corrected chi connectivity index (χ1v) is 6.35. The quantitative estimate of drug-likeness (QED) is 0.844.